The summed E-state index contributed by atoms with van der Waals surface area (Å²) in [7, 11) is 1.84. The topological polar surface area (TPSA) is 108 Å². The molecule has 1 amide bonds. The first-order chi connectivity index (χ1) is 9.97. The van der Waals surface area contributed by atoms with E-state index in [0.717, 1.165) is 11.3 Å². The summed E-state index contributed by atoms with van der Waals surface area (Å²) in [4.78, 5) is 21.7. The molecule has 9 nitrogen and oxygen atoms in total. The summed E-state index contributed by atoms with van der Waals surface area (Å²) in [6.45, 7) is 2.64. The Morgan fingerprint density at radius 2 is 2.29 bits per heavy atom. The highest BCUT2D eigenvalue weighted by Crippen LogP contribution is 2.06. The number of nitro groups is 1. The zero-order chi connectivity index (χ0) is 15.4. The zero-order valence-corrected chi connectivity index (χ0v) is 11.8. The van der Waals surface area contributed by atoms with Gasteiger partial charge in [0.1, 0.15) is 0 Å². The lowest BCUT2D eigenvalue weighted by Gasteiger charge is -2.04. The Labute approximate surface area is 120 Å². The van der Waals surface area contributed by atoms with Gasteiger partial charge in [-0.05, 0) is 11.8 Å². The van der Waals surface area contributed by atoms with Crippen LogP contribution in [0.3, 0.4) is 0 Å². The van der Waals surface area contributed by atoms with Crippen molar-refractivity contribution >= 4 is 11.7 Å². The molecule has 2 heterocycles. The maximum absolute atomic E-state index is 11.7. The van der Waals surface area contributed by atoms with E-state index < -0.39 is 4.92 Å². The second-order valence-corrected chi connectivity index (χ2v) is 4.60. The molecule has 2 aromatic rings. The van der Waals surface area contributed by atoms with E-state index in [9.17, 15) is 14.9 Å². The maximum Gasteiger partial charge on any atom is 0.389 e. The Bertz CT molecular complexity index is 660. The highest BCUT2D eigenvalue weighted by molar-refractivity contribution is 5.75. The van der Waals surface area contributed by atoms with E-state index in [-0.39, 0.29) is 18.1 Å². The summed E-state index contributed by atoms with van der Waals surface area (Å²) in [5.41, 5.74) is 1.96. The monoisotopic (exact) mass is 292 g/mol. The lowest BCUT2D eigenvalue weighted by molar-refractivity contribution is -0.389. The smallest absolute Gasteiger partial charge is 0.358 e. The number of carbonyl (C=O) groups is 1. The molecule has 0 aliphatic rings. The second-order valence-electron chi connectivity index (χ2n) is 4.60. The Hall–Kier alpha value is -2.71. The van der Waals surface area contributed by atoms with Gasteiger partial charge in [-0.2, -0.15) is 9.78 Å². The molecule has 0 spiro atoms. The molecule has 21 heavy (non-hydrogen) atoms. The minimum absolute atomic E-state index is 0.142. The van der Waals surface area contributed by atoms with Crippen LogP contribution in [-0.2, 0) is 24.9 Å². The van der Waals surface area contributed by atoms with Crippen molar-refractivity contribution in [1.29, 1.82) is 0 Å². The van der Waals surface area contributed by atoms with E-state index >= 15 is 0 Å². The first kappa shape index (κ1) is 14.7. The number of nitrogens with zero attached hydrogens (tertiary/aromatic N) is 5. The third-order valence-corrected chi connectivity index (χ3v) is 3.19. The third kappa shape index (κ3) is 3.65. The number of amides is 1. The van der Waals surface area contributed by atoms with Crippen molar-refractivity contribution in [3.8, 4) is 0 Å². The van der Waals surface area contributed by atoms with Crippen molar-refractivity contribution in [2.24, 2.45) is 7.05 Å². The standard InChI is InChI=1S/C12H16N6O3/c1-9-10(8-14-16(9)2)7-13-12(19)4-6-17-5-3-11(15-17)18(20)21/h3,5,8H,4,6-7H2,1-2H3,(H,13,19). The lowest BCUT2D eigenvalue weighted by Crippen LogP contribution is -2.24. The molecule has 2 rings (SSSR count). The van der Waals surface area contributed by atoms with E-state index in [0.29, 0.717) is 13.1 Å². The minimum Gasteiger partial charge on any atom is -0.358 e. The van der Waals surface area contributed by atoms with Gasteiger partial charge in [-0.15, -0.1) is 0 Å². The first-order valence-electron chi connectivity index (χ1n) is 6.39. The minimum atomic E-state index is -0.568. The van der Waals surface area contributed by atoms with Crippen molar-refractivity contribution in [2.45, 2.75) is 26.4 Å². The summed E-state index contributed by atoms with van der Waals surface area (Å²) in [6.07, 6.45) is 3.40. The molecule has 2 aromatic heterocycles. The van der Waals surface area contributed by atoms with Gasteiger partial charge in [-0.25, -0.2) is 0 Å². The normalized spacial score (nSPS) is 10.6. The highest BCUT2D eigenvalue weighted by Gasteiger charge is 2.12. The summed E-state index contributed by atoms with van der Waals surface area (Å²) in [5, 5.41) is 21.1. The Morgan fingerprint density at radius 1 is 1.52 bits per heavy atom. The average Bonchev–Trinajstić information content (AvgIpc) is 3.04. The molecule has 0 bridgehead atoms. The molecule has 9 heteroatoms. The third-order valence-electron chi connectivity index (χ3n) is 3.19. The Kier molecular flexibility index (Phi) is 4.31. The molecule has 0 radical (unpaired) electrons. The van der Waals surface area contributed by atoms with Crippen LogP contribution in [0.15, 0.2) is 18.5 Å². The van der Waals surface area contributed by atoms with Crippen molar-refractivity contribution in [1.82, 2.24) is 24.9 Å². The predicted molar refractivity (Wildman–Crippen MR) is 73.3 cm³/mol. The fourth-order valence-corrected chi connectivity index (χ4v) is 1.79. The molecule has 112 valence electrons. The van der Waals surface area contributed by atoms with Crippen molar-refractivity contribution in [2.75, 3.05) is 0 Å². The number of aromatic nitrogens is 4. The van der Waals surface area contributed by atoms with Gasteiger partial charge in [-0.3, -0.25) is 9.48 Å². The lowest BCUT2D eigenvalue weighted by atomic mass is 10.2. The number of hydrogen-bond donors (Lipinski definition) is 1. The number of rotatable bonds is 6. The average molecular weight is 292 g/mol. The molecule has 0 saturated heterocycles. The van der Waals surface area contributed by atoms with Gasteiger partial charge in [0.25, 0.3) is 0 Å². The van der Waals surface area contributed by atoms with Gasteiger partial charge in [0.2, 0.25) is 5.91 Å². The first-order valence-corrected chi connectivity index (χ1v) is 6.39. The molecule has 0 unspecified atom stereocenters. The number of nitrogens with one attached hydrogen (secondary N) is 1. The fourth-order valence-electron chi connectivity index (χ4n) is 1.79. The van der Waals surface area contributed by atoms with Crippen molar-refractivity contribution in [3.05, 3.63) is 39.8 Å². The molecule has 0 aromatic carbocycles. The van der Waals surface area contributed by atoms with E-state index in [1.807, 2.05) is 14.0 Å². The summed E-state index contributed by atoms with van der Waals surface area (Å²) in [5.74, 6) is -0.363. The summed E-state index contributed by atoms with van der Waals surface area (Å²) in [6, 6.07) is 1.30. The Balaban J connectivity index is 1.79. The van der Waals surface area contributed by atoms with Crippen LogP contribution in [0.5, 0.6) is 0 Å². The number of carbonyl (C=O) groups excluding carboxylic acids is 1. The quantitative estimate of drug-likeness (QED) is 0.617. The van der Waals surface area contributed by atoms with E-state index in [4.69, 9.17) is 0 Å². The maximum atomic E-state index is 11.7. The molecule has 0 atom stereocenters. The van der Waals surface area contributed by atoms with Crippen LogP contribution in [0.4, 0.5) is 5.82 Å². The van der Waals surface area contributed by atoms with Crippen LogP contribution in [0, 0.1) is 17.0 Å². The molecule has 0 aliphatic carbocycles. The van der Waals surface area contributed by atoms with Crippen LogP contribution in [0.2, 0.25) is 0 Å². The van der Waals surface area contributed by atoms with Crippen LogP contribution < -0.4 is 5.32 Å². The largest absolute Gasteiger partial charge is 0.389 e. The molecular formula is C12H16N6O3. The van der Waals surface area contributed by atoms with E-state index in [1.54, 1.807) is 10.9 Å². The summed E-state index contributed by atoms with van der Waals surface area (Å²) >= 11 is 0. The zero-order valence-electron chi connectivity index (χ0n) is 11.8. The van der Waals surface area contributed by atoms with Gasteiger partial charge in [-0.1, -0.05) is 0 Å². The van der Waals surface area contributed by atoms with E-state index in [2.05, 4.69) is 15.5 Å². The SMILES string of the molecule is Cc1c(CNC(=O)CCn2ccc([N+](=O)[O-])n2)cnn1C. The number of hydrogen-bond acceptors (Lipinski definition) is 5. The van der Waals surface area contributed by atoms with Crippen molar-refractivity contribution < 1.29 is 9.72 Å². The fraction of sp³-hybridized carbons (Fsp3) is 0.417. The van der Waals surface area contributed by atoms with E-state index in [1.165, 1.54) is 16.9 Å². The summed E-state index contributed by atoms with van der Waals surface area (Å²) < 4.78 is 3.12. The highest BCUT2D eigenvalue weighted by atomic mass is 16.6. The molecule has 0 aliphatic heterocycles. The van der Waals surface area contributed by atoms with Gasteiger partial charge >= 0.3 is 5.82 Å². The van der Waals surface area contributed by atoms with Gasteiger partial charge in [0.05, 0.1) is 30.1 Å². The van der Waals surface area contributed by atoms with Gasteiger partial charge < -0.3 is 15.4 Å². The van der Waals surface area contributed by atoms with Gasteiger partial charge in [0.15, 0.2) is 0 Å². The molecule has 0 saturated carbocycles. The molecule has 0 fully saturated rings. The van der Waals surface area contributed by atoms with Crippen LogP contribution in [0.25, 0.3) is 0 Å². The Morgan fingerprint density at radius 3 is 2.86 bits per heavy atom. The molecular weight excluding hydrogens is 276 g/mol. The van der Waals surface area contributed by atoms with Crippen LogP contribution in [-0.4, -0.2) is 30.4 Å². The molecule has 1 N–H and O–H groups in total. The van der Waals surface area contributed by atoms with Gasteiger partial charge in [0, 0.05) is 31.3 Å². The predicted octanol–water partition coefficient (Wildman–Crippen LogP) is 0.540. The second kappa shape index (κ2) is 6.16. The van der Waals surface area contributed by atoms with Crippen LogP contribution >= 0.6 is 0 Å². The van der Waals surface area contributed by atoms with Crippen molar-refractivity contribution in [3.63, 3.8) is 0 Å². The number of aryl methyl sites for hydroxylation is 2. The van der Waals surface area contributed by atoms with Crippen LogP contribution in [0.1, 0.15) is 17.7 Å².